The van der Waals surface area contributed by atoms with Crippen molar-refractivity contribution in [3.63, 3.8) is 0 Å². The van der Waals surface area contributed by atoms with Crippen LogP contribution in [0.25, 0.3) is 0 Å². The summed E-state index contributed by atoms with van der Waals surface area (Å²) < 4.78 is 30.3. The van der Waals surface area contributed by atoms with Gasteiger partial charge < -0.3 is 10.6 Å². The van der Waals surface area contributed by atoms with Crippen molar-refractivity contribution >= 4 is 27.6 Å². The Bertz CT molecular complexity index is 1190. The molecule has 3 aromatic carbocycles. The van der Waals surface area contributed by atoms with Gasteiger partial charge in [0.05, 0.1) is 11.7 Å². The molecule has 3 rings (SSSR count). The molecule has 2 amide bonds. The summed E-state index contributed by atoms with van der Waals surface area (Å²) in [6, 6.07) is 23.9. The van der Waals surface area contributed by atoms with Crippen LogP contribution < -0.4 is 10.6 Å². The number of nitrogens with one attached hydrogen (secondary N) is 2. The van der Waals surface area contributed by atoms with E-state index in [0.29, 0.717) is 12.0 Å². The Morgan fingerprint density at radius 2 is 1.55 bits per heavy atom. The Balaban J connectivity index is 1.71. The van der Waals surface area contributed by atoms with Crippen molar-refractivity contribution in [1.29, 1.82) is 0 Å². The molecule has 0 fully saturated rings. The molecule has 0 aromatic heterocycles. The maximum absolute atomic E-state index is 13.1. The van der Waals surface area contributed by atoms with Gasteiger partial charge in [-0.25, -0.2) is 0 Å². The van der Waals surface area contributed by atoms with Gasteiger partial charge in [-0.1, -0.05) is 60.2 Å². The van der Waals surface area contributed by atoms with E-state index in [-0.39, 0.29) is 12.5 Å². The van der Waals surface area contributed by atoms with E-state index in [1.807, 2.05) is 61.5 Å². The molecule has 7 nitrogen and oxygen atoms in total. The molecule has 172 valence electrons. The predicted molar refractivity (Wildman–Crippen MR) is 128 cm³/mol. The lowest BCUT2D eigenvalue weighted by Gasteiger charge is -2.18. The van der Waals surface area contributed by atoms with Crippen LogP contribution >= 0.6 is 0 Å². The first-order chi connectivity index (χ1) is 15.7. The highest BCUT2D eigenvalue weighted by Crippen LogP contribution is 2.23. The number of benzene rings is 3. The van der Waals surface area contributed by atoms with Crippen molar-refractivity contribution < 1.29 is 22.6 Å². The number of hydrogen-bond acceptors (Lipinski definition) is 4. The van der Waals surface area contributed by atoms with Gasteiger partial charge in [0.1, 0.15) is 0 Å². The molecule has 0 radical (unpaired) electrons. The molecular weight excluding hydrogens is 440 g/mol. The number of aryl methyl sites for hydroxylation is 1. The van der Waals surface area contributed by atoms with Crippen molar-refractivity contribution in [3.05, 3.63) is 101 Å². The summed E-state index contributed by atoms with van der Waals surface area (Å²) in [5, 5.41) is 5.43. The predicted octanol–water partition coefficient (Wildman–Crippen LogP) is 3.58. The van der Waals surface area contributed by atoms with Gasteiger partial charge in [0, 0.05) is 17.8 Å². The summed E-state index contributed by atoms with van der Waals surface area (Å²) in [7, 11) is -4.13. The highest BCUT2D eigenvalue weighted by molar-refractivity contribution is 7.85. The van der Waals surface area contributed by atoms with Crippen LogP contribution in [-0.2, 0) is 21.3 Å². The van der Waals surface area contributed by atoms with Crippen molar-refractivity contribution in [1.82, 2.24) is 5.32 Å². The third-order valence-corrected chi connectivity index (χ3v) is 5.86. The fourth-order valence-electron chi connectivity index (χ4n) is 3.34. The van der Waals surface area contributed by atoms with Crippen LogP contribution in [0, 0.1) is 6.92 Å². The van der Waals surface area contributed by atoms with E-state index in [2.05, 4.69) is 10.6 Å². The molecule has 33 heavy (non-hydrogen) atoms. The SMILES string of the molecule is Cc1ccc(NC(=O)C(Cc2ccc(C(=O)NCCS(=O)(=O)O)cc2)c2ccccc2)cc1. The van der Waals surface area contributed by atoms with Crippen LogP contribution in [0.3, 0.4) is 0 Å². The molecule has 0 spiro atoms. The van der Waals surface area contributed by atoms with E-state index in [1.165, 1.54) is 0 Å². The van der Waals surface area contributed by atoms with Crippen molar-refractivity contribution in [2.75, 3.05) is 17.6 Å². The standard InChI is InChI=1S/C25H26N2O5S/c1-18-7-13-22(14-8-18)27-25(29)23(20-5-3-2-4-6-20)17-19-9-11-21(12-10-19)24(28)26-15-16-33(30,31)32/h2-14,23H,15-17H2,1H3,(H,26,28)(H,27,29)(H,30,31,32). The van der Waals surface area contributed by atoms with Crippen LogP contribution in [0.2, 0.25) is 0 Å². The lowest BCUT2D eigenvalue weighted by Crippen LogP contribution is -2.28. The largest absolute Gasteiger partial charge is 0.351 e. The van der Waals surface area contributed by atoms with Crippen molar-refractivity contribution in [2.24, 2.45) is 0 Å². The summed E-state index contributed by atoms with van der Waals surface area (Å²) in [5.74, 6) is -1.55. The zero-order valence-electron chi connectivity index (χ0n) is 18.2. The van der Waals surface area contributed by atoms with Crippen LogP contribution in [0.4, 0.5) is 5.69 Å². The van der Waals surface area contributed by atoms with Gasteiger partial charge >= 0.3 is 0 Å². The molecule has 0 saturated heterocycles. The molecule has 1 atom stereocenters. The molecule has 1 unspecified atom stereocenters. The number of carbonyl (C=O) groups is 2. The van der Waals surface area contributed by atoms with Crippen molar-refractivity contribution in [2.45, 2.75) is 19.3 Å². The maximum Gasteiger partial charge on any atom is 0.266 e. The smallest absolute Gasteiger partial charge is 0.266 e. The molecule has 3 aromatic rings. The number of carbonyl (C=O) groups excluding carboxylic acids is 2. The molecule has 0 heterocycles. The molecule has 0 saturated carbocycles. The molecule has 0 aliphatic carbocycles. The van der Waals surface area contributed by atoms with Gasteiger partial charge in [0.25, 0.3) is 16.0 Å². The minimum atomic E-state index is -4.13. The molecule has 0 bridgehead atoms. The lowest BCUT2D eigenvalue weighted by atomic mass is 9.90. The van der Waals surface area contributed by atoms with E-state index in [0.717, 1.165) is 22.4 Å². The zero-order valence-corrected chi connectivity index (χ0v) is 19.0. The summed E-state index contributed by atoms with van der Waals surface area (Å²) in [5.41, 5.74) is 3.94. The van der Waals surface area contributed by atoms with E-state index >= 15 is 0 Å². The topological polar surface area (TPSA) is 113 Å². The number of amides is 2. The number of anilines is 1. The molecule has 8 heteroatoms. The quantitative estimate of drug-likeness (QED) is 0.417. The first-order valence-electron chi connectivity index (χ1n) is 10.5. The van der Waals surface area contributed by atoms with Gasteiger partial charge in [0.2, 0.25) is 5.91 Å². The summed E-state index contributed by atoms with van der Waals surface area (Å²) >= 11 is 0. The highest BCUT2D eigenvalue weighted by Gasteiger charge is 2.21. The highest BCUT2D eigenvalue weighted by atomic mass is 32.2. The van der Waals surface area contributed by atoms with Crippen LogP contribution in [0.1, 0.15) is 33.0 Å². The average molecular weight is 467 g/mol. The first kappa shape index (κ1) is 24.2. The van der Waals surface area contributed by atoms with Crippen LogP contribution in [0.5, 0.6) is 0 Å². The Kier molecular flexibility index (Phi) is 7.97. The van der Waals surface area contributed by atoms with E-state index in [1.54, 1.807) is 24.3 Å². The zero-order chi connectivity index (χ0) is 23.8. The molecule has 3 N–H and O–H groups in total. The van der Waals surface area contributed by atoms with Crippen LogP contribution in [-0.4, -0.2) is 37.1 Å². The van der Waals surface area contributed by atoms with E-state index < -0.39 is 27.7 Å². The van der Waals surface area contributed by atoms with E-state index in [9.17, 15) is 18.0 Å². The Morgan fingerprint density at radius 3 is 2.15 bits per heavy atom. The second-order valence-electron chi connectivity index (χ2n) is 7.76. The number of rotatable bonds is 9. The Morgan fingerprint density at radius 1 is 0.909 bits per heavy atom. The van der Waals surface area contributed by atoms with Crippen molar-refractivity contribution in [3.8, 4) is 0 Å². The molecule has 0 aliphatic rings. The molecular formula is C25H26N2O5S. The fourth-order valence-corrected chi connectivity index (χ4v) is 3.70. The third-order valence-electron chi connectivity index (χ3n) is 5.14. The lowest BCUT2D eigenvalue weighted by molar-refractivity contribution is -0.117. The second kappa shape index (κ2) is 10.9. The van der Waals surface area contributed by atoms with Gasteiger partial charge in [0.15, 0.2) is 0 Å². The van der Waals surface area contributed by atoms with Gasteiger partial charge in [-0.15, -0.1) is 0 Å². The van der Waals surface area contributed by atoms with Gasteiger partial charge in [-0.05, 0) is 48.7 Å². The average Bonchev–Trinajstić information content (AvgIpc) is 2.79. The Labute approximate surface area is 193 Å². The number of hydrogen-bond donors (Lipinski definition) is 3. The summed E-state index contributed by atoms with van der Waals surface area (Å²) in [6.45, 7) is 1.80. The van der Waals surface area contributed by atoms with Gasteiger partial charge in [-0.2, -0.15) is 8.42 Å². The van der Waals surface area contributed by atoms with E-state index in [4.69, 9.17) is 4.55 Å². The fraction of sp³-hybridized carbons (Fsp3) is 0.200. The summed E-state index contributed by atoms with van der Waals surface area (Å²) in [6.07, 6.45) is 0.437. The van der Waals surface area contributed by atoms with Gasteiger partial charge in [-0.3, -0.25) is 14.1 Å². The van der Waals surface area contributed by atoms with Crippen LogP contribution in [0.15, 0.2) is 78.9 Å². The maximum atomic E-state index is 13.1. The normalized spacial score (nSPS) is 12.1. The monoisotopic (exact) mass is 466 g/mol. The molecule has 0 aliphatic heterocycles. The second-order valence-corrected chi connectivity index (χ2v) is 9.33. The minimum Gasteiger partial charge on any atom is -0.351 e. The Hall–Kier alpha value is -3.49. The first-order valence-corrected chi connectivity index (χ1v) is 12.1. The minimum absolute atomic E-state index is 0.128. The summed E-state index contributed by atoms with van der Waals surface area (Å²) in [4.78, 5) is 25.3. The third kappa shape index (κ3) is 7.55.